The Morgan fingerprint density at radius 3 is 2.63 bits per heavy atom. The Morgan fingerprint density at radius 2 is 2.00 bits per heavy atom. The van der Waals surface area contributed by atoms with Gasteiger partial charge >= 0.3 is 5.97 Å². The molecule has 2 aliphatic rings. The smallest absolute Gasteiger partial charge is 0.330 e. The molecule has 0 spiro atoms. The highest BCUT2D eigenvalue weighted by molar-refractivity contribution is 6.74. The molecule has 1 fully saturated rings. The lowest BCUT2D eigenvalue weighted by molar-refractivity contribution is -0.134. The molecule has 0 saturated heterocycles. The van der Waals surface area contributed by atoms with Gasteiger partial charge in [-0.25, -0.2) is 4.79 Å². The van der Waals surface area contributed by atoms with Crippen LogP contribution in [0.3, 0.4) is 0 Å². The molecule has 4 heteroatoms. The number of ether oxygens (including phenoxy) is 1. The second kappa shape index (κ2) is 9.99. The maximum atomic E-state index is 11.2. The molecule has 3 nitrogen and oxygen atoms in total. The van der Waals surface area contributed by atoms with E-state index in [9.17, 15) is 4.79 Å². The van der Waals surface area contributed by atoms with Gasteiger partial charge in [0.05, 0.1) is 7.11 Å². The van der Waals surface area contributed by atoms with Crippen LogP contribution < -0.4 is 0 Å². The van der Waals surface area contributed by atoms with Crippen molar-refractivity contribution >= 4 is 14.3 Å². The predicted octanol–water partition coefficient (Wildman–Crippen LogP) is 7.22. The first kappa shape index (κ1) is 25.1. The monoisotopic (exact) mass is 432 g/mol. The fourth-order valence-corrected chi connectivity index (χ4v) is 6.53. The highest BCUT2D eigenvalue weighted by Crippen LogP contribution is 2.55. The maximum Gasteiger partial charge on any atom is 0.330 e. The molecule has 0 heterocycles. The Balaban J connectivity index is 2.11. The summed E-state index contributed by atoms with van der Waals surface area (Å²) in [4.78, 5) is 11.2. The van der Waals surface area contributed by atoms with Crippen LogP contribution in [0.5, 0.6) is 0 Å². The molecule has 0 unspecified atom stereocenters. The van der Waals surface area contributed by atoms with E-state index in [0.717, 1.165) is 6.42 Å². The zero-order valence-corrected chi connectivity index (χ0v) is 21.6. The Hall–Kier alpha value is -1.13. The van der Waals surface area contributed by atoms with Crippen molar-refractivity contribution in [1.29, 1.82) is 0 Å². The van der Waals surface area contributed by atoms with Crippen molar-refractivity contribution in [1.82, 2.24) is 0 Å². The van der Waals surface area contributed by atoms with E-state index in [2.05, 4.69) is 64.6 Å². The van der Waals surface area contributed by atoms with Crippen LogP contribution in [-0.4, -0.2) is 27.5 Å². The van der Waals surface area contributed by atoms with E-state index < -0.39 is 8.32 Å². The second-order valence-corrected chi connectivity index (χ2v) is 15.8. The van der Waals surface area contributed by atoms with E-state index in [1.54, 1.807) is 11.6 Å². The summed E-state index contributed by atoms with van der Waals surface area (Å²) in [7, 11) is -0.369. The Labute approximate surface area is 186 Å². The number of rotatable bonds is 7. The number of hydrogen-bond acceptors (Lipinski definition) is 3. The highest BCUT2D eigenvalue weighted by Gasteiger charge is 2.49. The van der Waals surface area contributed by atoms with Gasteiger partial charge in [-0.1, -0.05) is 70.9 Å². The van der Waals surface area contributed by atoms with Crippen molar-refractivity contribution in [3.63, 3.8) is 0 Å². The number of allylic oxidation sites excluding steroid dienone is 5. The number of carbonyl (C=O) groups is 1. The number of esters is 1. The van der Waals surface area contributed by atoms with Crippen LogP contribution in [-0.2, 0) is 14.0 Å². The molecule has 1 saturated carbocycles. The second-order valence-electron chi connectivity index (χ2n) is 11.0. The number of methoxy groups -OCH3 is 1. The average molecular weight is 433 g/mol. The van der Waals surface area contributed by atoms with E-state index in [1.807, 2.05) is 6.08 Å². The summed E-state index contributed by atoms with van der Waals surface area (Å²) in [6.07, 6.45) is 17.4. The third-order valence-electron chi connectivity index (χ3n) is 7.91. The molecular weight excluding hydrogens is 388 g/mol. The van der Waals surface area contributed by atoms with Gasteiger partial charge in [-0.15, -0.1) is 0 Å². The third kappa shape index (κ3) is 5.76. The van der Waals surface area contributed by atoms with Crippen LogP contribution >= 0.6 is 0 Å². The molecule has 0 radical (unpaired) electrons. The fourth-order valence-electron chi connectivity index (χ4n) is 5.13. The number of carbonyl (C=O) groups excluding carboxylic acids is 1. The minimum absolute atomic E-state index is 0.249. The van der Waals surface area contributed by atoms with Crippen LogP contribution in [0.2, 0.25) is 18.1 Å². The van der Waals surface area contributed by atoms with Crippen LogP contribution in [0.1, 0.15) is 73.1 Å². The summed E-state index contributed by atoms with van der Waals surface area (Å²) in [5, 5.41) is 0.254. The van der Waals surface area contributed by atoms with Crippen molar-refractivity contribution < 1.29 is 14.0 Å². The van der Waals surface area contributed by atoms with Crippen molar-refractivity contribution in [2.24, 2.45) is 17.3 Å². The molecule has 0 aromatic carbocycles. The standard InChI is InChI=1S/C26H44O3Si/c1-20(14-10-9-11-18-24(27)28-6)21-15-12-16-22-23(17-13-19-26(21,22)5)29-30(7,8)25(2,3)4/h9-11,15,18,20,22-23H,12-14,16-17,19H2,1-8H3/t20-,22+,23+,26-/m1/s1. The first-order chi connectivity index (χ1) is 13.9. The Morgan fingerprint density at radius 1 is 1.30 bits per heavy atom. The lowest BCUT2D eigenvalue weighted by atomic mass is 9.56. The van der Waals surface area contributed by atoms with Crippen LogP contribution in [0.15, 0.2) is 36.0 Å². The summed E-state index contributed by atoms with van der Waals surface area (Å²) in [6, 6.07) is 0. The zero-order valence-electron chi connectivity index (χ0n) is 20.6. The lowest BCUT2D eigenvalue weighted by Crippen LogP contribution is -2.51. The topological polar surface area (TPSA) is 35.5 Å². The van der Waals surface area contributed by atoms with Crippen molar-refractivity contribution in [3.05, 3.63) is 36.0 Å². The van der Waals surface area contributed by atoms with Gasteiger partial charge in [0.1, 0.15) is 0 Å². The maximum absolute atomic E-state index is 11.2. The van der Waals surface area contributed by atoms with Gasteiger partial charge in [0.15, 0.2) is 8.32 Å². The number of fused-ring (bicyclic) bond motifs is 1. The van der Waals surface area contributed by atoms with Crippen molar-refractivity contribution in [2.75, 3.05) is 7.11 Å². The van der Waals surface area contributed by atoms with Crippen molar-refractivity contribution in [3.8, 4) is 0 Å². The van der Waals surface area contributed by atoms with Gasteiger partial charge in [-0.05, 0) is 67.5 Å². The summed E-state index contributed by atoms with van der Waals surface area (Å²) < 4.78 is 11.6. The van der Waals surface area contributed by atoms with E-state index in [1.165, 1.54) is 45.3 Å². The molecule has 0 aromatic rings. The van der Waals surface area contributed by atoms with Crippen molar-refractivity contribution in [2.45, 2.75) is 97.4 Å². The van der Waals surface area contributed by atoms with Gasteiger partial charge in [0.2, 0.25) is 0 Å². The van der Waals surface area contributed by atoms with Gasteiger partial charge in [-0.2, -0.15) is 0 Å². The predicted molar refractivity (Wildman–Crippen MR) is 129 cm³/mol. The molecule has 0 aromatic heterocycles. The molecule has 170 valence electrons. The van der Waals surface area contributed by atoms with Crippen LogP contribution in [0.25, 0.3) is 0 Å². The molecular formula is C26H44O3Si. The highest BCUT2D eigenvalue weighted by atomic mass is 28.4. The average Bonchev–Trinajstić information content (AvgIpc) is 2.65. The van der Waals surface area contributed by atoms with Gasteiger partial charge in [-0.3, -0.25) is 0 Å². The van der Waals surface area contributed by atoms with E-state index in [0.29, 0.717) is 17.9 Å². The zero-order chi connectivity index (χ0) is 22.6. The van der Waals surface area contributed by atoms with E-state index in [4.69, 9.17) is 4.43 Å². The summed E-state index contributed by atoms with van der Waals surface area (Å²) in [6.45, 7) is 16.7. The quantitative estimate of drug-likeness (QED) is 0.140. The molecule has 30 heavy (non-hydrogen) atoms. The van der Waals surface area contributed by atoms with E-state index >= 15 is 0 Å². The SMILES string of the molecule is COC(=O)C=CC=CC[C@@H](C)C1=CCC[C@H]2[C@@H](O[Si](C)(C)C(C)(C)C)CCC[C@]12C. The van der Waals surface area contributed by atoms with Gasteiger partial charge in [0, 0.05) is 12.2 Å². The van der Waals surface area contributed by atoms with Crippen LogP contribution in [0, 0.1) is 17.3 Å². The minimum Gasteiger partial charge on any atom is -0.466 e. The molecule has 0 N–H and O–H groups in total. The van der Waals surface area contributed by atoms with Gasteiger partial charge < -0.3 is 9.16 Å². The largest absolute Gasteiger partial charge is 0.466 e. The molecule has 4 atom stereocenters. The van der Waals surface area contributed by atoms with E-state index in [-0.39, 0.29) is 16.4 Å². The summed E-state index contributed by atoms with van der Waals surface area (Å²) >= 11 is 0. The molecule has 0 bridgehead atoms. The Kier molecular flexibility index (Phi) is 8.37. The normalized spacial score (nSPS) is 29.0. The molecule has 0 amide bonds. The van der Waals surface area contributed by atoms with Gasteiger partial charge in [0.25, 0.3) is 0 Å². The summed E-state index contributed by atoms with van der Waals surface area (Å²) in [5.74, 6) is 0.825. The van der Waals surface area contributed by atoms with Crippen LogP contribution in [0.4, 0.5) is 0 Å². The number of hydrogen-bond donors (Lipinski definition) is 0. The fraction of sp³-hybridized carbons (Fsp3) is 0.731. The first-order valence-electron chi connectivity index (χ1n) is 11.7. The molecule has 2 aliphatic carbocycles. The third-order valence-corrected chi connectivity index (χ3v) is 12.4. The first-order valence-corrected chi connectivity index (χ1v) is 14.6. The Bertz CT molecular complexity index is 683. The molecule has 2 rings (SSSR count). The summed E-state index contributed by atoms with van der Waals surface area (Å²) in [5.41, 5.74) is 1.88. The lowest BCUT2D eigenvalue weighted by Gasteiger charge is -2.53. The molecule has 0 aliphatic heterocycles. The minimum atomic E-state index is -1.77.